The van der Waals surface area contributed by atoms with Crippen LogP contribution in [0.15, 0.2) is 211 Å². The van der Waals surface area contributed by atoms with Crippen molar-refractivity contribution in [1.29, 1.82) is 0 Å². The van der Waals surface area contributed by atoms with Gasteiger partial charge in [-0.05, 0) is 106 Å². The number of furan rings is 1. The van der Waals surface area contributed by atoms with E-state index in [2.05, 4.69) is 216 Å². The van der Waals surface area contributed by atoms with Crippen molar-refractivity contribution in [2.45, 2.75) is 0 Å². The molecular weight excluding hydrogens is 669 g/mol. The third-order valence-corrected chi connectivity index (χ3v) is 11.0. The molecule has 11 aromatic rings. The Kier molecular flexibility index (Phi) is 7.17. The maximum Gasteiger partial charge on any atom is 0.136 e. The second-order valence-electron chi connectivity index (χ2n) is 14.1. The Morgan fingerprint density at radius 2 is 0.982 bits per heavy atom. The Morgan fingerprint density at radius 1 is 0.364 bits per heavy atom. The first-order chi connectivity index (χ1) is 27.3. The van der Waals surface area contributed by atoms with Crippen LogP contribution >= 0.6 is 0 Å². The van der Waals surface area contributed by atoms with Crippen LogP contribution in [-0.4, -0.2) is 4.57 Å². The van der Waals surface area contributed by atoms with Crippen LogP contribution in [0.3, 0.4) is 0 Å². The van der Waals surface area contributed by atoms with Gasteiger partial charge in [0.15, 0.2) is 0 Å². The lowest BCUT2D eigenvalue weighted by Gasteiger charge is -2.27. The number of fused-ring (bicyclic) bond motifs is 8. The molecule has 0 saturated heterocycles. The molecule has 55 heavy (non-hydrogen) atoms. The number of anilines is 3. The van der Waals surface area contributed by atoms with E-state index in [0.29, 0.717) is 0 Å². The van der Waals surface area contributed by atoms with Gasteiger partial charge >= 0.3 is 0 Å². The quantitative estimate of drug-likeness (QED) is 0.172. The van der Waals surface area contributed by atoms with Crippen LogP contribution in [0.1, 0.15) is 0 Å². The molecule has 0 bridgehead atoms. The molecule has 0 fully saturated rings. The molecular formula is C52H34N2O. The second-order valence-corrected chi connectivity index (χ2v) is 14.1. The lowest BCUT2D eigenvalue weighted by Crippen LogP contribution is -2.10. The van der Waals surface area contributed by atoms with E-state index in [9.17, 15) is 0 Å². The van der Waals surface area contributed by atoms with Gasteiger partial charge in [-0.25, -0.2) is 0 Å². The van der Waals surface area contributed by atoms with Gasteiger partial charge in [0.25, 0.3) is 0 Å². The van der Waals surface area contributed by atoms with Crippen LogP contribution in [0.25, 0.3) is 82.5 Å². The van der Waals surface area contributed by atoms with Crippen LogP contribution in [0.5, 0.6) is 0 Å². The molecule has 258 valence electrons. The Balaban J connectivity index is 1.14. The van der Waals surface area contributed by atoms with E-state index >= 15 is 0 Å². The van der Waals surface area contributed by atoms with Crippen LogP contribution < -0.4 is 4.90 Å². The molecule has 0 saturated carbocycles. The average Bonchev–Trinajstić information content (AvgIpc) is 3.81. The summed E-state index contributed by atoms with van der Waals surface area (Å²) in [4.78, 5) is 2.42. The Labute approximate surface area is 318 Å². The first-order valence-corrected chi connectivity index (χ1v) is 18.8. The minimum Gasteiger partial charge on any atom is -0.456 e. The fourth-order valence-corrected chi connectivity index (χ4v) is 8.44. The van der Waals surface area contributed by atoms with E-state index in [1.807, 2.05) is 0 Å². The molecule has 9 aromatic carbocycles. The molecule has 11 rings (SSSR count). The molecule has 2 aromatic heterocycles. The van der Waals surface area contributed by atoms with Gasteiger partial charge in [-0.15, -0.1) is 0 Å². The Hall–Kier alpha value is -7.36. The van der Waals surface area contributed by atoms with Crippen molar-refractivity contribution in [3.05, 3.63) is 206 Å². The number of rotatable bonds is 6. The molecule has 3 heteroatoms. The summed E-state index contributed by atoms with van der Waals surface area (Å²) in [6.45, 7) is 0. The van der Waals surface area contributed by atoms with Crippen LogP contribution in [0.4, 0.5) is 17.1 Å². The second kappa shape index (κ2) is 12.6. The summed E-state index contributed by atoms with van der Waals surface area (Å²) >= 11 is 0. The minimum absolute atomic E-state index is 0.896. The van der Waals surface area contributed by atoms with Crippen molar-refractivity contribution in [2.24, 2.45) is 0 Å². The van der Waals surface area contributed by atoms with Gasteiger partial charge in [0.05, 0.1) is 16.7 Å². The smallest absolute Gasteiger partial charge is 0.136 e. The summed E-state index contributed by atoms with van der Waals surface area (Å²) in [6.07, 6.45) is 0. The van der Waals surface area contributed by atoms with E-state index in [4.69, 9.17) is 4.42 Å². The van der Waals surface area contributed by atoms with E-state index in [-0.39, 0.29) is 0 Å². The topological polar surface area (TPSA) is 21.3 Å². The van der Waals surface area contributed by atoms with Gasteiger partial charge in [0.2, 0.25) is 0 Å². The fourth-order valence-electron chi connectivity index (χ4n) is 8.44. The van der Waals surface area contributed by atoms with E-state index < -0.39 is 0 Å². The first-order valence-electron chi connectivity index (χ1n) is 18.8. The molecule has 0 N–H and O–H groups in total. The van der Waals surface area contributed by atoms with Crippen molar-refractivity contribution in [2.75, 3.05) is 4.90 Å². The molecule has 2 heterocycles. The molecule has 0 aliphatic rings. The SMILES string of the molecule is c1ccc(-c2ccc(N(c3ccc4c(ccc5oc6ccc(-c7ccccc7)cc6c54)c3)c3cccc4c3c3ccccc3n4-c3ccccc3)cc2)cc1. The number of hydrogen-bond acceptors (Lipinski definition) is 2. The van der Waals surface area contributed by atoms with Gasteiger partial charge in [-0.3, -0.25) is 0 Å². The molecule has 0 spiro atoms. The number of benzene rings is 9. The Morgan fingerprint density at radius 3 is 1.76 bits per heavy atom. The summed E-state index contributed by atoms with van der Waals surface area (Å²) in [5.74, 6) is 0. The number of nitrogens with zero attached hydrogens (tertiary/aromatic N) is 2. The zero-order valence-corrected chi connectivity index (χ0v) is 29.9. The van der Waals surface area contributed by atoms with Crippen molar-refractivity contribution >= 4 is 71.6 Å². The molecule has 0 amide bonds. The fraction of sp³-hybridized carbons (Fsp3) is 0. The van der Waals surface area contributed by atoms with Gasteiger partial charge in [0, 0.05) is 38.6 Å². The third kappa shape index (κ3) is 5.13. The van der Waals surface area contributed by atoms with Gasteiger partial charge < -0.3 is 13.9 Å². The highest BCUT2D eigenvalue weighted by atomic mass is 16.3. The molecule has 0 radical (unpaired) electrons. The zero-order chi connectivity index (χ0) is 36.3. The molecule has 0 aliphatic heterocycles. The van der Waals surface area contributed by atoms with Crippen LogP contribution in [0, 0.1) is 0 Å². The highest BCUT2D eigenvalue weighted by molar-refractivity contribution is 6.20. The van der Waals surface area contributed by atoms with Crippen molar-refractivity contribution in [3.8, 4) is 27.9 Å². The van der Waals surface area contributed by atoms with Crippen molar-refractivity contribution in [1.82, 2.24) is 4.57 Å². The average molecular weight is 703 g/mol. The lowest BCUT2D eigenvalue weighted by molar-refractivity contribution is 0.669. The van der Waals surface area contributed by atoms with Crippen LogP contribution in [-0.2, 0) is 0 Å². The van der Waals surface area contributed by atoms with E-state index in [1.54, 1.807) is 0 Å². The monoisotopic (exact) mass is 702 g/mol. The maximum absolute atomic E-state index is 6.43. The zero-order valence-electron chi connectivity index (χ0n) is 29.9. The van der Waals surface area contributed by atoms with Crippen molar-refractivity contribution < 1.29 is 4.42 Å². The van der Waals surface area contributed by atoms with Gasteiger partial charge in [0.1, 0.15) is 11.2 Å². The minimum atomic E-state index is 0.896. The number of para-hydroxylation sites is 2. The van der Waals surface area contributed by atoms with Gasteiger partial charge in [-0.2, -0.15) is 0 Å². The highest BCUT2D eigenvalue weighted by Crippen LogP contribution is 2.45. The molecule has 0 atom stereocenters. The standard InChI is InChI=1S/C52H34N2O/c1-4-13-35(14-5-1)37-23-27-41(28-24-37)53(47-21-12-22-48-52(47)44-19-10-11-20-46(44)54(48)40-17-8-3-9-18-40)42-29-30-43-39(33-42)26-32-50-51(43)45-34-38(25-31-49(45)55-50)36-15-6-2-7-16-36/h1-34H. The van der Waals surface area contributed by atoms with Gasteiger partial charge in [-0.1, -0.05) is 133 Å². The normalized spacial score (nSPS) is 11.6. The Bertz CT molecular complexity index is 3180. The predicted octanol–water partition coefficient (Wildman–Crippen LogP) is 14.6. The number of hydrogen-bond donors (Lipinski definition) is 0. The van der Waals surface area contributed by atoms with E-state index in [1.165, 1.54) is 43.9 Å². The predicted molar refractivity (Wildman–Crippen MR) is 231 cm³/mol. The highest BCUT2D eigenvalue weighted by Gasteiger charge is 2.22. The maximum atomic E-state index is 6.43. The summed E-state index contributed by atoms with van der Waals surface area (Å²) in [6, 6.07) is 73.9. The summed E-state index contributed by atoms with van der Waals surface area (Å²) in [7, 11) is 0. The molecule has 3 nitrogen and oxygen atoms in total. The summed E-state index contributed by atoms with van der Waals surface area (Å²) in [5.41, 5.74) is 13.3. The van der Waals surface area contributed by atoms with E-state index in [0.717, 1.165) is 55.6 Å². The largest absolute Gasteiger partial charge is 0.456 e. The lowest BCUT2D eigenvalue weighted by atomic mass is 9.99. The third-order valence-electron chi connectivity index (χ3n) is 11.0. The first kappa shape index (κ1) is 31.2. The molecule has 0 aliphatic carbocycles. The summed E-state index contributed by atoms with van der Waals surface area (Å²) < 4.78 is 8.82. The number of aromatic nitrogens is 1. The van der Waals surface area contributed by atoms with Crippen molar-refractivity contribution in [3.63, 3.8) is 0 Å². The molecule has 0 unspecified atom stereocenters. The van der Waals surface area contributed by atoms with Crippen LogP contribution in [0.2, 0.25) is 0 Å². The summed E-state index contributed by atoms with van der Waals surface area (Å²) in [5, 5.41) is 7.01.